The molecule has 4 heteroatoms. The van der Waals surface area contributed by atoms with Gasteiger partial charge in [0.1, 0.15) is 16.8 Å². The third-order valence-electron chi connectivity index (χ3n) is 3.53. The number of rotatable bonds is 10. The lowest BCUT2D eigenvalue weighted by atomic mass is 10.0. The van der Waals surface area contributed by atoms with Crippen LogP contribution in [-0.4, -0.2) is 16.0 Å². The van der Waals surface area contributed by atoms with Crippen molar-refractivity contribution < 1.29 is 9.00 Å². The Bertz CT molecular complexity index is 456. The molecule has 0 radical (unpaired) electrons. The van der Waals surface area contributed by atoms with Crippen molar-refractivity contribution in [2.75, 3.05) is 0 Å². The largest absolute Gasteiger partial charge is 0.300 e. The third kappa shape index (κ3) is 7.00. The number of carbonyl (C=O) groups excluding carboxylic acids is 1. The molecule has 1 N–H and O–H groups in total. The minimum Gasteiger partial charge on any atom is -0.300 e. The summed E-state index contributed by atoms with van der Waals surface area (Å²) in [7, 11) is -1.25. The smallest absolute Gasteiger partial charge is 0.134 e. The van der Waals surface area contributed by atoms with Crippen molar-refractivity contribution in [1.82, 2.24) is 4.72 Å². The fraction of sp³-hybridized carbons (Fsp3) is 0.588. The Morgan fingerprint density at radius 1 is 1.19 bits per heavy atom. The molecule has 118 valence electrons. The first-order valence-corrected chi connectivity index (χ1v) is 8.98. The first-order chi connectivity index (χ1) is 10.1. The lowest BCUT2D eigenvalue weighted by Crippen LogP contribution is -2.33. The Morgan fingerprint density at radius 3 is 2.43 bits per heavy atom. The molecule has 0 saturated heterocycles. The van der Waals surface area contributed by atoms with Gasteiger partial charge in [0.15, 0.2) is 0 Å². The highest BCUT2D eigenvalue weighted by Gasteiger charge is 2.16. The zero-order valence-electron chi connectivity index (χ0n) is 13.4. The van der Waals surface area contributed by atoms with Gasteiger partial charge in [-0.2, -0.15) is 0 Å². The number of aryl methyl sites for hydroxylation is 1. The van der Waals surface area contributed by atoms with E-state index >= 15 is 0 Å². The van der Waals surface area contributed by atoms with Gasteiger partial charge >= 0.3 is 0 Å². The second kappa shape index (κ2) is 9.85. The number of unbranched alkanes of at least 4 members (excludes halogenated alkanes) is 2. The Kier molecular flexibility index (Phi) is 8.47. The summed E-state index contributed by atoms with van der Waals surface area (Å²) in [5, 5.41) is 0. The molecule has 0 spiro atoms. The van der Waals surface area contributed by atoms with Gasteiger partial charge in [-0.25, -0.2) is 8.93 Å². The van der Waals surface area contributed by atoms with Gasteiger partial charge in [-0.1, -0.05) is 50.8 Å². The van der Waals surface area contributed by atoms with Gasteiger partial charge < -0.3 is 0 Å². The molecule has 3 nitrogen and oxygen atoms in total. The van der Waals surface area contributed by atoms with E-state index < -0.39 is 11.0 Å². The maximum Gasteiger partial charge on any atom is 0.134 e. The third-order valence-corrected chi connectivity index (χ3v) is 4.78. The lowest BCUT2D eigenvalue weighted by molar-refractivity contribution is -0.119. The van der Waals surface area contributed by atoms with Gasteiger partial charge in [0.25, 0.3) is 0 Å². The van der Waals surface area contributed by atoms with E-state index in [4.69, 9.17) is 0 Å². The van der Waals surface area contributed by atoms with Crippen LogP contribution in [-0.2, 0) is 15.8 Å². The normalized spacial score (nSPS) is 13.9. The Balaban J connectivity index is 2.62. The first-order valence-electron chi connectivity index (χ1n) is 7.83. The Morgan fingerprint density at radius 2 is 1.86 bits per heavy atom. The highest BCUT2D eigenvalue weighted by Crippen LogP contribution is 2.12. The molecule has 1 aromatic rings. The molecule has 0 heterocycles. The monoisotopic (exact) mass is 309 g/mol. The molecule has 1 aromatic carbocycles. The van der Waals surface area contributed by atoms with Crippen LogP contribution in [0.3, 0.4) is 0 Å². The van der Waals surface area contributed by atoms with Crippen LogP contribution in [0.4, 0.5) is 0 Å². The predicted octanol–water partition coefficient (Wildman–Crippen LogP) is 3.93. The highest BCUT2D eigenvalue weighted by atomic mass is 32.2. The molecule has 0 fully saturated rings. The molecule has 0 aromatic heterocycles. The molecule has 0 aliphatic rings. The molecule has 0 aliphatic heterocycles. The topological polar surface area (TPSA) is 46.2 Å². The van der Waals surface area contributed by atoms with E-state index in [-0.39, 0.29) is 11.8 Å². The summed E-state index contributed by atoms with van der Waals surface area (Å²) in [6.45, 7) is 6.04. The Hall–Kier alpha value is -1.00. The van der Waals surface area contributed by atoms with Crippen molar-refractivity contribution in [3.8, 4) is 0 Å². The number of hydrogen-bond acceptors (Lipinski definition) is 2. The van der Waals surface area contributed by atoms with Crippen LogP contribution in [0.15, 0.2) is 29.2 Å². The summed E-state index contributed by atoms with van der Waals surface area (Å²) in [5.74, 6) is 0.227. The second-order valence-electron chi connectivity index (χ2n) is 5.49. The lowest BCUT2D eigenvalue weighted by Gasteiger charge is -2.17. The summed E-state index contributed by atoms with van der Waals surface area (Å²) < 4.78 is 15.5. The summed E-state index contributed by atoms with van der Waals surface area (Å²) in [5.41, 5.74) is 1.15. The van der Waals surface area contributed by atoms with Crippen molar-refractivity contribution in [2.45, 2.75) is 70.2 Å². The van der Waals surface area contributed by atoms with Gasteiger partial charge in [-0.3, -0.25) is 4.79 Å². The van der Waals surface area contributed by atoms with Crippen molar-refractivity contribution in [2.24, 2.45) is 0 Å². The molecule has 0 bridgehead atoms. The van der Waals surface area contributed by atoms with E-state index in [1.807, 2.05) is 38.1 Å². The minimum absolute atomic E-state index is 0.00568. The SMILES string of the molecule is CCCCC[C@H](CC(=O)CC)N[S@](=O)c1ccc(C)cc1. The van der Waals surface area contributed by atoms with Crippen LogP contribution in [0.2, 0.25) is 0 Å². The van der Waals surface area contributed by atoms with Crippen LogP contribution in [0.25, 0.3) is 0 Å². The van der Waals surface area contributed by atoms with Crippen LogP contribution < -0.4 is 4.72 Å². The first kappa shape index (κ1) is 18.1. The van der Waals surface area contributed by atoms with E-state index in [1.165, 1.54) is 0 Å². The van der Waals surface area contributed by atoms with E-state index in [0.717, 1.165) is 36.1 Å². The van der Waals surface area contributed by atoms with E-state index in [0.29, 0.717) is 12.8 Å². The number of Topliss-reactive ketones (excluding diaryl/α,β-unsaturated/α-hetero) is 1. The molecule has 0 aliphatic carbocycles. The fourth-order valence-electron chi connectivity index (χ4n) is 2.14. The highest BCUT2D eigenvalue weighted by molar-refractivity contribution is 7.83. The van der Waals surface area contributed by atoms with Crippen molar-refractivity contribution in [3.63, 3.8) is 0 Å². The number of benzene rings is 1. The average molecular weight is 309 g/mol. The molecular weight excluding hydrogens is 282 g/mol. The minimum atomic E-state index is -1.25. The summed E-state index contributed by atoms with van der Waals surface area (Å²) in [6, 6.07) is 7.68. The van der Waals surface area contributed by atoms with Crippen LogP contribution >= 0.6 is 0 Å². The number of carbonyl (C=O) groups is 1. The Labute approximate surface area is 131 Å². The van der Waals surface area contributed by atoms with Crippen LogP contribution in [0.5, 0.6) is 0 Å². The zero-order valence-corrected chi connectivity index (χ0v) is 14.2. The van der Waals surface area contributed by atoms with E-state index in [1.54, 1.807) is 0 Å². The van der Waals surface area contributed by atoms with Crippen molar-refractivity contribution in [3.05, 3.63) is 29.8 Å². The molecular formula is C17H27NO2S. The summed E-state index contributed by atoms with van der Waals surface area (Å²) >= 11 is 0. The van der Waals surface area contributed by atoms with Gasteiger partial charge in [-0.05, 0) is 25.5 Å². The summed E-state index contributed by atoms with van der Waals surface area (Å²) in [4.78, 5) is 12.4. The van der Waals surface area contributed by atoms with E-state index in [2.05, 4.69) is 11.6 Å². The molecule has 1 rings (SSSR count). The maximum atomic E-state index is 12.4. The molecule has 21 heavy (non-hydrogen) atoms. The standard InChI is InChI=1S/C17H27NO2S/c1-4-6-7-8-15(13-16(19)5-2)18-21(20)17-11-9-14(3)10-12-17/h9-12,15,18H,4-8,13H2,1-3H3/t15-,21-/m1/s1. The van der Waals surface area contributed by atoms with Gasteiger partial charge in [0.05, 0.1) is 4.90 Å². The second-order valence-corrected chi connectivity index (χ2v) is 6.73. The van der Waals surface area contributed by atoms with Gasteiger partial charge in [0, 0.05) is 18.9 Å². The quantitative estimate of drug-likeness (QED) is 0.666. The van der Waals surface area contributed by atoms with Gasteiger partial charge in [0.2, 0.25) is 0 Å². The molecule has 0 amide bonds. The fourth-order valence-corrected chi connectivity index (χ4v) is 3.17. The van der Waals surface area contributed by atoms with Crippen LogP contribution in [0.1, 0.15) is 57.9 Å². The van der Waals surface area contributed by atoms with Crippen LogP contribution in [0, 0.1) is 6.92 Å². The van der Waals surface area contributed by atoms with Crippen molar-refractivity contribution >= 4 is 16.8 Å². The van der Waals surface area contributed by atoms with Gasteiger partial charge in [-0.15, -0.1) is 0 Å². The molecule has 0 saturated carbocycles. The maximum absolute atomic E-state index is 12.4. The van der Waals surface area contributed by atoms with Crippen molar-refractivity contribution in [1.29, 1.82) is 0 Å². The molecule has 0 unspecified atom stereocenters. The summed E-state index contributed by atoms with van der Waals surface area (Å²) in [6.07, 6.45) is 5.28. The average Bonchev–Trinajstić information content (AvgIpc) is 2.47. The van der Waals surface area contributed by atoms with E-state index in [9.17, 15) is 9.00 Å². The number of ketones is 1. The zero-order chi connectivity index (χ0) is 15.7. The molecule has 2 atom stereocenters. The number of hydrogen-bond donors (Lipinski definition) is 1. The number of nitrogens with one attached hydrogen (secondary N) is 1. The predicted molar refractivity (Wildman–Crippen MR) is 88.6 cm³/mol.